The molecule has 2 N–H and O–H groups in total. The van der Waals surface area contributed by atoms with Gasteiger partial charge in [0.2, 0.25) is 5.91 Å². The van der Waals surface area contributed by atoms with Crippen molar-refractivity contribution in [2.75, 3.05) is 11.4 Å². The number of carbonyl (C=O) groups excluding carboxylic acids is 2. The van der Waals surface area contributed by atoms with Crippen LogP contribution in [0, 0.1) is 0 Å². The first-order valence-corrected chi connectivity index (χ1v) is 10.3. The molecule has 180 valence electrons. The molecule has 1 aromatic carbocycles. The number of rotatable bonds is 6. The summed E-state index contributed by atoms with van der Waals surface area (Å²) in [7, 11) is 0. The molecule has 0 saturated carbocycles. The SMILES string of the molecule is CCn1nc2ccc(C(=O)NCc3ccc(N4CC(O)CC4=O)cc3OC(F)(F)F)cn2c1=O. The van der Waals surface area contributed by atoms with Gasteiger partial charge >= 0.3 is 12.1 Å². The van der Waals surface area contributed by atoms with E-state index in [1.54, 1.807) is 6.92 Å². The monoisotopic (exact) mass is 479 g/mol. The summed E-state index contributed by atoms with van der Waals surface area (Å²) in [6.45, 7) is 1.73. The predicted molar refractivity (Wildman–Crippen MR) is 112 cm³/mol. The minimum Gasteiger partial charge on any atom is -0.405 e. The Morgan fingerprint density at radius 3 is 2.68 bits per heavy atom. The van der Waals surface area contributed by atoms with Gasteiger partial charge in [0.1, 0.15) is 5.75 Å². The molecule has 1 aliphatic heterocycles. The second-order valence-electron chi connectivity index (χ2n) is 7.63. The molecule has 0 radical (unpaired) electrons. The van der Waals surface area contributed by atoms with E-state index < -0.39 is 35.7 Å². The van der Waals surface area contributed by atoms with Gasteiger partial charge in [0.05, 0.1) is 24.6 Å². The lowest BCUT2D eigenvalue weighted by molar-refractivity contribution is -0.274. The number of aryl methyl sites for hydroxylation is 1. The summed E-state index contributed by atoms with van der Waals surface area (Å²) in [5.41, 5.74) is 0.177. The first-order chi connectivity index (χ1) is 16.1. The van der Waals surface area contributed by atoms with Crippen molar-refractivity contribution in [3.63, 3.8) is 0 Å². The van der Waals surface area contributed by atoms with Crippen molar-refractivity contribution in [1.29, 1.82) is 0 Å². The number of anilines is 1. The summed E-state index contributed by atoms with van der Waals surface area (Å²) in [5, 5.41) is 16.2. The first-order valence-electron chi connectivity index (χ1n) is 10.3. The Kier molecular flexibility index (Phi) is 6.04. The highest BCUT2D eigenvalue weighted by molar-refractivity contribution is 5.96. The number of carbonyl (C=O) groups is 2. The number of halogens is 3. The fourth-order valence-corrected chi connectivity index (χ4v) is 3.65. The third-order valence-corrected chi connectivity index (χ3v) is 5.27. The largest absolute Gasteiger partial charge is 0.573 e. The Balaban J connectivity index is 1.56. The number of nitrogens with zero attached hydrogens (tertiary/aromatic N) is 4. The van der Waals surface area contributed by atoms with Crippen LogP contribution < -0.4 is 20.6 Å². The first kappa shape index (κ1) is 23.3. The second-order valence-corrected chi connectivity index (χ2v) is 7.63. The van der Waals surface area contributed by atoms with Gasteiger partial charge < -0.3 is 20.1 Å². The van der Waals surface area contributed by atoms with Crippen LogP contribution in [0.25, 0.3) is 5.65 Å². The van der Waals surface area contributed by atoms with Gasteiger partial charge in [-0.25, -0.2) is 13.9 Å². The highest BCUT2D eigenvalue weighted by atomic mass is 19.4. The summed E-state index contributed by atoms with van der Waals surface area (Å²) < 4.78 is 45.5. The van der Waals surface area contributed by atoms with Gasteiger partial charge in [-0.1, -0.05) is 6.07 Å². The molecule has 3 heterocycles. The lowest BCUT2D eigenvalue weighted by Crippen LogP contribution is -2.27. The summed E-state index contributed by atoms with van der Waals surface area (Å²) >= 11 is 0. The number of amides is 2. The normalized spacial score (nSPS) is 16.3. The highest BCUT2D eigenvalue weighted by Crippen LogP contribution is 2.32. The fourth-order valence-electron chi connectivity index (χ4n) is 3.65. The molecule has 3 aromatic rings. The average Bonchev–Trinajstić information content (AvgIpc) is 3.28. The van der Waals surface area contributed by atoms with Crippen molar-refractivity contribution in [1.82, 2.24) is 19.5 Å². The molecule has 2 aromatic heterocycles. The van der Waals surface area contributed by atoms with Crippen molar-refractivity contribution in [3.8, 4) is 5.75 Å². The van der Waals surface area contributed by atoms with Crippen molar-refractivity contribution in [3.05, 3.63) is 58.1 Å². The molecule has 1 saturated heterocycles. The molecule has 13 heteroatoms. The molecule has 1 atom stereocenters. The summed E-state index contributed by atoms with van der Waals surface area (Å²) in [6, 6.07) is 6.67. The molecule has 4 rings (SSSR count). The molecule has 34 heavy (non-hydrogen) atoms. The number of hydrogen-bond acceptors (Lipinski definition) is 6. The van der Waals surface area contributed by atoms with E-state index in [9.17, 15) is 32.7 Å². The van der Waals surface area contributed by atoms with E-state index >= 15 is 0 Å². The van der Waals surface area contributed by atoms with Gasteiger partial charge in [-0.2, -0.15) is 0 Å². The maximum absolute atomic E-state index is 13.0. The number of alkyl halides is 3. The molecule has 10 nitrogen and oxygen atoms in total. The van der Waals surface area contributed by atoms with Gasteiger partial charge in [-0.05, 0) is 25.1 Å². The van der Waals surface area contributed by atoms with Gasteiger partial charge in [0.15, 0.2) is 5.65 Å². The number of aliphatic hydroxyl groups is 1. The molecule has 1 fully saturated rings. The van der Waals surface area contributed by atoms with Gasteiger partial charge in [-0.3, -0.25) is 9.59 Å². The number of ether oxygens (including phenoxy) is 1. The zero-order valence-electron chi connectivity index (χ0n) is 17.9. The smallest absolute Gasteiger partial charge is 0.405 e. The van der Waals surface area contributed by atoms with E-state index in [1.807, 2.05) is 0 Å². The Hall–Kier alpha value is -3.87. The number of hydrogen-bond donors (Lipinski definition) is 2. The van der Waals surface area contributed by atoms with E-state index in [2.05, 4.69) is 15.2 Å². The minimum atomic E-state index is -5.00. The van der Waals surface area contributed by atoms with Crippen molar-refractivity contribution in [2.45, 2.75) is 38.9 Å². The molecule has 1 unspecified atom stereocenters. The van der Waals surface area contributed by atoms with Gasteiger partial charge in [-0.15, -0.1) is 18.3 Å². The third-order valence-electron chi connectivity index (χ3n) is 5.27. The zero-order valence-corrected chi connectivity index (χ0v) is 17.9. The molecule has 0 aliphatic carbocycles. The fraction of sp³-hybridized carbons (Fsp3) is 0.333. The van der Waals surface area contributed by atoms with Crippen molar-refractivity contribution < 1.29 is 32.6 Å². The maximum Gasteiger partial charge on any atom is 0.573 e. The quantitative estimate of drug-likeness (QED) is 0.553. The number of aliphatic hydroxyl groups excluding tert-OH is 1. The van der Waals surface area contributed by atoms with E-state index in [0.29, 0.717) is 12.2 Å². The van der Waals surface area contributed by atoms with E-state index in [0.717, 1.165) is 6.07 Å². The van der Waals surface area contributed by atoms with Crippen molar-refractivity contribution in [2.24, 2.45) is 0 Å². The molecular formula is C21H20F3N5O5. The van der Waals surface area contributed by atoms with E-state index in [-0.39, 0.29) is 36.3 Å². The molecular weight excluding hydrogens is 459 g/mol. The number of aromatic nitrogens is 3. The molecule has 2 amide bonds. The van der Waals surface area contributed by atoms with Crippen LogP contribution in [0.1, 0.15) is 29.3 Å². The third kappa shape index (κ3) is 4.73. The predicted octanol–water partition coefficient (Wildman–Crippen LogP) is 1.44. The summed E-state index contributed by atoms with van der Waals surface area (Å²) in [6.07, 6.45) is -4.74. The van der Waals surface area contributed by atoms with Crippen LogP contribution in [0.2, 0.25) is 0 Å². The minimum absolute atomic E-state index is 0.0127. The lowest BCUT2D eigenvalue weighted by Gasteiger charge is -2.20. The number of fused-ring (bicyclic) bond motifs is 1. The van der Waals surface area contributed by atoms with E-state index in [4.69, 9.17) is 0 Å². The van der Waals surface area contributed by atoms with Crippen LogP contribution in [0.5, 0.6) is 5.75 Å². The summed E-state index contributed by atoms with van der Waals surface area (Å²) in [4.78, 5) is 38.0. The number of nitrogens with one attached hydrogen (secondary N) is 1. The topological polar surface area (TPSA) is 118 Å². The highest BCUT2D eigenvalue weighted by Gasteiger charge is 2.34. The second kappa shape index (κ2) is 8.82. The van der Waals surface area contributed by atoms with Crippen LogP contribution >= 0.6 is 0 Å². The number of pyridine rings is 1. The van der Waals surface area contributed by atoms with Gasteiger partial charge in [0.25, 0.3) is 5.91 Å². The zero-order chi connectivity index (χ0) is 24.6. The Morgan fingerprint density at radius 1 is 1.26 bits per heavy atom. The van der Waals surface area contributed by atoms with E-state index in [1.165, 1.54) is 44.4 Å². The Bertz CT molecular complexity index is 1320. The summed E-state index contributed by atoms with van der Waals surface area (Å²) in [5.74, 6) is -1.64. The Labute approximate surface area is 190 Å². The Morgan fingerprint density at radius 2 is 2.03 bits per heavy atom. The van der Waals surface area contributed by atoms with Crippen LogP contribution in [-0.2, 0) is 17.9 Å². The van der Waals surface area contributed by atoms with Crippen molar-refractivity contribution >= 4 is 23.1 Å². The molecule has 0 bridgehead atoms. The van der Waals surface area contributed by atoms with Crippen LogP contribution in [-0.4, -0.2) is 50.1 Å². The van der Waals surface area contributed by atoms with Gasteiger partial charge in [0, 0.05) is 36.6 Å². The average molecular weight is 479 g/mol. The molecule has 1 aliphatic rings. The maximum atomic E-state index is 13.0. The van der Waals surface area contributed by atoms with Crippen LogP contribution in [0.4, 0.5) is 18.9 Å². The molecule has 0 spiro atoms. The van der Waals surface area contributed by atoms with Crippen LogP contribution in [0.15, 0.2) is 41.3 Å². The lowest BCUT2D eigenvalue weighted by atomic mass is 10.1. The number of β-amino-alcohol motifs (C(OH)–C–C–N with tert-alkyl or cyclic N) is 1. The number of benzene rings is 1. The van der Waals surface area contributed by atoms with Crippen LogP contribution in [0.3, 0.4) is 0 Å². The standard InChI is InChI=1S/C21H20F3N5O5/c1-2-29-20(33)28-10-13(4-6-17(28)26-29)19(32)25-9-12-3-5-14(7-16(12)34-21(22,23)24)27-11-15(30)8-18(27)31/h3-7,10,15,30H,2,8-9,11H2,1H3,(H,25,32).